The fourth-order valence-electron chi connectivity index (χ4n) is 2.52. The van der Waals surface area contributed by atoms with Gasteiger partial charge in [0, 0.05) is 13.1 Å². The number of amides is 2. The number of nitrogens with zero attached hydrogens (tertiary/aromatic N) is 1. The number of carbonyl (C=O) groups is 2. The smallest absolute Gasteiger partial charge is 0.244 e. The molecule has 2 amide bonds. The Morgan fingerprint density at radius 2 is 2.00 bits per heavy atom. The van der Waals surface area contributed by atoms with Gasteiger partial charge in [-0.3, -0.25) is 9.59 Å². The number of para-hydroxylation sites is 1. The summed E-state index contributed by atoms with van der Waals surface area (Å²) in [5, 5.41) is 5.23. The average molecular weight is 378 g/mol. The summed E-state index contributed by atoms with van der Waals surface area (Å²) in [5.41, 5.74) is -0.515. The number of nitrogens with one attached hydrogen (secondary N) is 2. The predicted octanol–water partition coefficient (Wildman–Crippen LogP) is 1.55. The van der Waals surface area contributed by atoms with Crippen LogP contribution >= 0.6 is 12.4 Å². The molecule has 1 heterocycles. The molecule has 1 fully saturated rings. The number of morpholine rings is 1. The Balaban J connectivity index is 0.00000312. The number of anilines is 1. The molecular weight excluding hydrogens is 356 g/mol. The fourth-order valence-corrected chi connectivity index (χ4v) is 2.52. The minimum Gasteiger partial charge on any atom is -0.375 e. The summed E-state index contributed by atoms with van der Waals surface area (Å²) >= 11 is 0. The summed E-state index contributed by atoms with van der Waals surface area (Å²) in [6, 6.07) is 2.76. The lowest BCUT2D eigenvalue weighted by Crippen LogP contribution is -2.57. The maximum Gasteiger partial charge on any atom is 0.244 e. The molecule has 0 unspecified atom stereocenters. The highest BCUT2D eigenvalue weighted by molar-refractivity contribution is 5.95. The van der Waals surface area contributed by atoms with Gasteiger partial charge >= 0.3 is 0 Å². The Morgan fingerprint density at radius 1 is 1.36 bits per heavy atom. The van der Waals surface area contributed by atoms with Crippen LogP contribution in [-0.4, -0.2) is 55.1 Å². The standard InChI is InChI=1S/C16H21F2N3O3.ClH/c1-3-21(16(23)14-10(2)24-8-7-19-14)9-13(22)20-15-11(17)5-4-6-12(15)18;/h4-6,10,14,19H,3,7-9H2,1-2H3,(H,20,22);1H/t10-,14+;/m1./s1. The van der Waals surface area contributed by atoms with Crippen molar-refractivity contribution >= 4 is 29.9 Å². The second-order valence-corrected chi connectivity index (χ2v) is 5.50. The van der Waals surface area contributed by atoms with Gasteiger partial charge in [-0.15, -0.1) is 12.4 Å². The van der Waals surface area contributed by atoms with Crippen LogP contribution in [0.5, 0.6) is 0 Å². The molecule has 2 atom stereocenters. The monoisotopic (exact) mass is 377 g/mol. The maximum atomic E-state index is 13.6. The first-order valence-corrected chi connectivity index (χ1v) is 7.81. The molecule has 2 rings (SSSR count). The zero-order valence-corrected chi connectivity index (χ0v) is 14.9. The first kappa shape index (κ1) is 21.3. The van der Waals surface area contributed by atoms with Crippen molar-refractivity contribution in [1.82, 2.24) is 10.2 Å². The summed E-state index contributed by atoms with van der Waals surface area (Å²) in [4.78, 5) is 25.9. The molecule has 1 saturated heterocycles. The number of hydrogen-bond acceptors (Lipinski definition) is 4. The Morgan fingerprint density at radius 3 is 2.56 bits per heavy atom. The van der Waals surface area contributed by atoms with Gasteiger partial charge in [0.25, 0.3) is 0 Å². The molecule has 2 N–H and O–H groups in total. The van der Waals surface area contributed by atoms with Gasteiger partial charge in [0.1, 0.15) is 23.4 Å². The molecule has 1 aromatic rings. The first-order chi connectivity index (χ1) is 11.4. The molecule has 140 valence electrons. The van der Waals surface area contributed by atoms with Crippen LogP contribution in [0.2, 0.25) is 0 Å². The van der Waals surface area contributed by atoms with Crippen LogP contribution in [0.25, 0.3) is 0 Å². The Bertz CT molecular complexity index is 598. The highest BCUT2D eigenvalue weighted by Gasteiger charge is 2.32. The maximum absolute atomic E-state index is 13.6. The van der Waals surface area contributed by atoms with Crippen LogP contribution in [0.1, 0.15) is 13.8 Å². The molecule has 0 radical (unpaired) electrons. The molecule has 0 saturated carbocycles. The summed E-state index contributed by atoms with van der Waals surface area (Å²) in [6.07, 6.45) is -0.313. The third-order valence-electron chi connectivity index (χ3n) is 3.84. The van der Waals surface area contributed by atoms with Gasteiger partial charge in [-0.05, 0) is 26.0 Å². The van der Waals surface area contributed by atoms with E-state index < -0.39 is 29.3 Å². The molecular formula is C16H22ClF2N3O3. The quantitative estimate of drug-likeness (QED) is 0.816. The lowest BCUT2D eigenvalue weighted by atomic mass is 10.1. The average Bonchev–Trinajstić information content (AvgIpc) is 2.56. The van der Waals surface area contributed by atoms with E-state index in [-0.39, 0.29) is 37.5 Å². The SMILES string of the molecule is CCN(CC(=O)Nc1c(F)cccc1F)C(=O)[C@H]1NCCO[C@@H]1C.Cl. The predicted molar refractivity (Wildman–Crippen MR) is 91.7 cm³/mol. The van der Waals surface area contributed by atoms with E-state index in [0.29, 0.717) is 13.2 Å². The van der Waals surface area contributed by atoms with Gasteiger partial charge in [0.15, 0.2) is 0 Å². The third-order valence-corrected chi connectivity index (χ3v) is 3.84. The van der Waals surface area contributed by atoms with E-state index in [1.54, 1.807) is 13.8 Å². The summed E-state index contributed by atoms with van der Waals surface area (Å²) in [7, 11) is 0. The highest BCUT2D eigenvalue weighted by Crippen LogP contribution is 2.18. The molecule has 9 heteroatoms. The zero-order chi connectivity index (χ0) is 17.7. The van der Waals surface area contributed by atoms with E-state index >= 15 is 0 Å². The molecule has 0 bridgehead atoms. The van der Waals surface area contributed by atoms with E-state index in [9.17, 15) is 18.4 Å². The number of halogens is 3. The molecule has 1 aromatic carbocycles. The highest BCUT2D eigenvalue weighted by atomic mass is 35.5. The van der Waals surface area contributed by atoms with Gasteiger partial charge in [-0.1, -0.05) is 6.07 Å². The van der Waals surface area contributed by atoms with Crippen molar-refractivity contribution in [3.05, 3.63) is 29.8 Å². The van der Waals surface area contributed by atoms with Crippen molar-refractivity contribution in [2.45, 2.75) is 26.0 Å². The van der Waals surface area contributed by atoms with Crippen LogP contribution in [-0.2, 0) is 14.3 Å². The molecule has 0 aliphatic carbocycles. The van der Waals surface area contributed by atoms with Gasteiger partial charge in [0.2, 0.25) is 11.8 Å². The Hall–Kier alpha value is -1.77. The minimum atomic E-state index is -0.867. The van der Waals surface area contributed by atoms with Gasteiger partial charge in [0.05, 0.1) is 19.3 Å². The second-order valence-electron chi connectivity index (χ2n) is 5.50. The van der Waals surface area contributed by atoms with E-state index in [2.05, 4.69) is 10.6 Å². The van der Waals surface area contributed by atoms with Crippen LogP contribution < -0.4 is 10.6 Å². The summed E-state index contributed by atoms with van der Waals surface area (Å²) in [6.45, 7) is 4.56. The van der Waals surface area contributed by atoms with Crippen LogP contribution in [0.4, 0.5) is 14.5 Å². The van der Waals surface area contributed by atoms with Gasteiger partial charge in [-0.25, -0.2) is 8.78 Å². The topological polar surface area (TPSA) is 70.7 Å². The first-order valence-electron chi connectivity index (χ1n) is 7.81. The van der Waals surface area contributed by atoms with Crippen LogP contribution in [0, 0.1) is 11.6 Å². The fraction of sp³-hybridized carbons (Fsp3) is 0.500. The Labute approximate surface area is 151 Å². The van der Waals surface area contributed by atoms with Crippen molar-refractivity contribution in [3.63, 3.8) is 0 Å². The van der Waals surface area contributed by atoms with Crippen LogP contribution in [0.3, 0.4) is 0 Å². The minimum absolute atomic E-state index is 0. The molecule has 25 heavy (non-hydrogen) atoms. The number of ether oxygens (including phenoxy) is 1. The van der Waals surface area contributed by atoms with Gasteiger partial charge in [-0.2, -0.15) is 0 Å². The number of benzene rings is 1. The molecule has 1 aliphatic heterocycles. The van der Waals surface area contributed by atoms with E-state index in [1.165, 1.54) is 11.0 Å². The van der Waals surface area contributed by atoms with Crippen molar-refractivity contribution in [2.24, 2.45) is 0 Å². The number of hydrogen-bond donors (Lipinski definition) is 2. The molecule has 1 aliphatic rings. The van der Waals surface area contributed by atoms with Crippen molar-refractivity contribution < 1.29 is 23.1 Å². The lowest BCUT2D eigenvalue weighted by Gasteiger charge is -2.33. The molecule has 0 spiro atoms. The Kier molecular flexibility index (Phi) is 8.21. The largest absolute Gasteiger partial charge is 0.375 e. The second kappa shape index (κ2) is 9.65. The zero-order valence-electron chi connectivity index (χ0n) is 14.1. The third kappa shape index (κ3) is 5.35. The number of carbonyl (C=O) groups excluding carboxylic acids is 2. The number of rotatable bonds is 5. The van der Waals surface area contributed by atoms with E-state index in [0.717, 1.165) is 12.1 Å². The normalized spacial score (nSPS) is 19.7. The molecule has 0 aromatic heterocycles. The lowest BCUT2D eigenvalue weighted by molar-refractivity contribution is -0.141. The summed E-state index contributed by atoms with van der Waals surface area (Å²) < 4.78 is 32.6. The summed E-state index contributed by atoms with van der Waals surface area (Å²) in [5.74, 6) is -2.69. The van der Waals surface area contributed by atoms with E-state index in [4.69, 9.17) is 4.74 Å². The van der Waals surface area contributed by atoms with E-state index in [1.807, 2.05) is 0 Å². The van der Waals surface area contributed by atoms with Crippen molar-refractivity contribution in [2.75, 3.05) is 31.6 Å². The molecule has 6 nitrogen and oxygen atoms in total. The van der Waals surface area contributed by atoms with Crippen molar-refractivity contribution in [1.29, 1.82) is 0 Å². The van der Waals surface area contributed by atoms with Crippen LogP contribution in [0.15, 0.2) is 18.2 Å². The number of likely N-dealkylation sites (N-methyl/N-ethyl adjacent to an activating group) is 1. The van der Waals surface area contributed by atoms with Crippen molar-refractivity contribution in [3.8, 4) is 0 Å². The van der Waals surface area contributed by atoms with Gasteiger partial charge < -0.3 is 20.3 Å².